The predicted molar refractivity (Wildman–Crippen MR) is 107 cm³/mol. The molecule has 1 saturated carbocycles. The van der Waals surface area contributed by atoms with Crippen LogP contribution in [0.3, 0.4) is 0 Å². The number of carbonyl (C=O) groups excluding carboxylic acids is 1. The molecule has 2 heterocycles. The van der Waals surface area contributed by atoms with Crippen LogP contribution in [0.4, 0.5) is 23.7 Å². The van der Waals surface area contributed by atoms with Crippen LogP contribution in [0.1, 0.15) is 37.4 Å². The van der Waals surface area contributed by atoms with E-state index in [4.69, 9.17) is 4.74 Å². The number of rotatable bonds is 3. The van der Waals surface area contributed by atoms with Crippen LogP contribution in [-0.4, -0.2) is 34.6 Å². The Kier molecular flexibility index (Phi) is 4.56. The van der Waals surface area contributed by atoms with Crippen molar-refractivity contribution in [1.82, 2.24) is 9.97 Å². The van der Waals surface area contributed by atoms with E-state index in [9.17, 15) is 18.0 Å². The standard InChI is InChI=1S/C22H20F3N3O3/c23-22(24,25)30-16-6-7-17-18(12-16)27-19(26-17)14-8-10-21(11-9-14)13-28(20(29)31-21)15-4-2-1-3-5-15/h1-7,12,14H,8-11,13H2,(H,26,27)/t14-,21+. The van der Waals surface area contributed by atoms with Crippen molar-refractivity contribution in [3.8, 4) is 5.75 Å². The molecule has 1 amide bonds. The van der Waals surface area contributed by atoms with Crippen LogP contribution in [0.2, 0.25) is 0 Å². The van der Waals surface area contributed by atoms with E-state index in [0.29, 0.717) is 30.4 Å². The zero-order chi connectivity index (χ0) is 21.6. The molecule has 2 fully saturated rings. The minimum atomic E-state index is -4.74. The third kappa shape index (κ3) is 3.92. The Hall–Kier alpha value is -3.23. The second kappa shape index (κ2) is 7.18. The minimum absolute atomic E-state index is 0.120. The molecule has 1 aliphatic carbocycles. The first-order valence-electron chi connectivity index (χ1n) is 10.1. The average Bonchev–Trinajstić information content (AvgIpc) is 3.29. The van der Waals surface area contributed by atoms with Gasteiger partial charge in [0.2, 0.25) is 0 Å². The summed E-state index contributed by atoms with van der Waals surface area (Å²) in [6.07, 6.45) is -2.14. The highest BCUT2D eigenvalue weighted by Gasteiger charge is 2.48. The monoisotopic (exact) mass is 431 g/mol. The van der Waals surface area contributed by atoms with Gasteiger partial charge in [0.05, 0.1) is 17.6 Å². The molecule has 2 aromatic carbocycles. The Morgan fingerprint density at radius 2 is 1.87 bits per heavy atom. The molecular formula is C22H20F3N3O3. The normalized spacial score (nSPS) is 24.0. The average molecular weight is 431 g/mol. The van der Waals surface area contributed by atoms with Crippen molar-refractivity contribution in [3.05, 3.63) is 54.4 Å². The maximum Gasteiger partial charge on any atom is 0.573 e. The Morgan fingerprint density at radius 1 is 1.13 bits per heavy atom. The molecule has 31 heavy (non-hydrogen) atoms. The molecule has 9 heteroatoms. The number of carbonyl (C=O) groups is 1. The number of amides is 1. The SMILES string of the molecule is O=C1O[C@]2(CC[C@@H](c3nc4cc(OC(F)(F)F)ccc4[nH]3)CC2)CN1c1ccccc1. The van der Waals surface area contributed by atoms with Crippen LogP contribution >= 0.6 is 0 Å². The molecule has 1 aliphatic heterocycles. The zero-order valence-corrected chi connectivity index (χ0v) is 16.5. The number of alkyl halides is 3. The van der Waals surface area contributed by atoms with Crippen molar-refractivity contribution in [2.24, 2.45) is 0 Å². The summed E-state index contributed by atoms with van der Waals surface area (Å²) >= 11 is 0. The Morgan fingerprint density at radius 3 is 2.58 bits per heavy atom. The number of aromatic nitrogens is 2. The van der Waals surface area contributed by atoms with Crippen LogP contribution in [0.15, 0.2) is 48.5 Å². The van der Waals surface area contributed by atoms with Crippen LogP contribution in [0, 0.1) is 0 Å². The van der Waals surface area contributed by atoms with E-state index in [1.54, 1.807) is 4.90 Å². The molecule has 1 saturated heterocycles. The van der Waals surface area contributed by atoms with E-state index in [1.165, 1.54) is 18.2 Å². The van der Waals surface area contributed by atoms with Crippen molar-refractivity contribution < 1.29 is 27.4 Å². The van der Waals surface area contributed by atoms with Gasteiger partial charge in [-0.25, -0.2) is 9.78 Å². The molecule has 1 spiro atoms. The molecule has 2 aliphatic rings. The van der Waals surface area contributed by atoms with E-state index in [-0.39, 0.29) is 17.8 Å². The number of imidazole rings is 1. The Balaban J connectivity index is 1.28. The minimum Gasteiger partial charge on any atom is -0.441 e. The van der Waals surface area contributed by atoms with Gasteiger partial charge in [0.25, 0.3) is 0 Å². The topological polar surface area (TPSA) is 67.5 Å². The first-order chi connectivity index (χ1) is 14.8. The van der Waals surface area contributed by atoms with Crippen molar-refractivity contribution in [3.63, 3.8) is 0 Å². The first-order valence-corrected chi connectivity index (χ1v) is 10.1. The van der Waals surface area contributed by atoms with E-state index in [2.05, 4.69) is 14.7 Å². The molecule has 162 valence electrons. The van der Waals surface area contributed by atoms with Gasteiger partial charge in [0.1, 0.15) is 17.2 Å². The van der Waals surface area contributed by atoms with E-state index < -0.39 is 12.0 Å². The predicted octanol–water partition coefficient (Wildman–Crippen LogP) is 5.51. The van der Waals surface area contributed by atoms with Crippen molar-refractivity contribution in [2.75, 3.05) is 11.4 Å². The summed E-state index contributed by atoms with van der Waals surface area (Å²) in [6, 6.07) is 13.5. The fourth-order valence-corrected chi connectivity index (χ4v) is 4.50. The molecule has 0 bridgehead atoms. The van der Waals surface area contributed by atoms with Gasteiger partial charge in [-0.1, -0.05) is 18.2 Å². The van der Waals surface area contributed by atoms with Gasteiger partial charge >= 0.3 is 12.5 Å². The lowest BCUT2D eigenvalue weighted by Crippen LogP contribution is -2.38. The van der Waals surface area contributed by atoms with Crippen LogP contribution in [0.25, 0.3) is 11.0 Å². The molecule has 1 aromatic heterocycles. The number of nitrogens with zero attached hydrogens (tertiary/aromatic N) is 2. The maximum absolute atomic E-state index is 12.5. The lowest BCUT2D eigenvalue weighted by molar-refractivity contribution is -0.274. The van der Waals surface area contributed by atoms with Crippen LogP contribution in [0.5, 0.6) is 5.75 Å². The number of halogens is 3. The van der Waals surface area contributed by atoms with Gasteiger partial charge in [0, 0.05) is 17.7 Å². The lowest BCUT2D eigenvalue weighted by Gasteiger charge is -2.34. The summed E-state index contributed by atoms with van der Waals surface area (Å²) in [5.74, 6) is 0.562. The molecule has 0 atom stereocenters. The molecule has 5 rings (SSSR count). The number of hydrogen-bond acceptors (Lipinski definition) is 4. The van der Waals surface area contributed by atoms with E-state index >= 15 is 0 Å². The number of benzene rings is 2. The summed E-state index contributed by atoms with van der Waals surface area (Å²) in [5, 5.41) is 0. The molecule has 0 radical (unpaired) electrons. The van der Waals surface area contributed by atoms with Crippen molar-refractivity contribution in [2.45, 2.75) is 43.6 Å². The van der Waals surface area contributed by atoms with Crippen molar-refractivity contribution in [1.29, 1.82) is 0 Å². The number of para-hydroxylation sites is 1. The molecular weight excluding hydrogens is 411 g/mol. The first kappa shape index (κ1) is 19.7. The van der Waals surface area contributed by atoms with Gasteiger partial charge in [-0.05, 0) is 49.9 Å². The summed E-state index contributed by atoms with van der Waals surface area (Å²) in [4.78, 5) is 21.8. The van der Waals surface area contributed by atoms with E-state index in [0.717, 1.165) is 24.4 Å². The van der Waals surface area contributed by atoms with Gasteiger partial charge in [-0.3, -0.25) is 4.90 Å². The van der Waals surface area contributed by atoms with Gasteiger partial charge < -0.3 is 14.5 Å². The highest BCUT2D eigenvalue weighted by molar-refractivity contribution is 5.90. The number of ether oxygens (including phenoxy) is 2. The summed E-state index contributed by atoms with van der Waals surface area (Å²) in [5.41, 5.74) is 1.40. The van der Waals surface area contributed by atoms with Crippen molar-refractivity contribution >= 4 is 22.8 Å². The lowest BCUT2D eigenvalue weighted by atomic mass is 9.78. The number of anilines is 1. The molecule has 3 aromatic rings. The fourth-order valence-electron chi connectivity index (χ4n) is 4.50. The quantitative estimate of drug-likeness (QED) is 0.593. The van der Waals surface area contributed by atoms with Crippen LogP contribution < -0.4 is 9.64 Å². The summed E-state index contributed by atoms with van der Waals surface area (Å²) in [7, 11) is 0. The van der Waals surface area contributed by atoms with Gasteiger partial charge in [0.15, 0.2) is 0 Å². The molecule has 6 nitrogen and oxygen atoms in total. The Labute approximate surface area is 176 Å². The molecule has 0 unspecified atom stereocenters. The number of fused-ring (bicyclic) bond motifs is 1. The van der Waals surface area contributed by atoms with Crippen LogP contribution in [-0.2, 0) is 4.74 Å². The third-order valence-electron chi connectivity index (χ3n) is 6.03. The number of aromatic amines is 1. The number of nitrogens with one attached hydrogen (secondary N) is 1. The Bertz CT molecular complexity index is 1110. The molecule has 1 N–H and O–H groups in total. The third-order valence-corrected chi connectivity index (χ3v) is 6.03. The summed E-state index contributed by atoms with van der Waals surface area (Å²) < 4.78 is 47.1. The second-order valence-corrected chi connectivity index (χ2v) is 8.10. The van der Waals surface area contributed by atoms with Gasteiger partial charge in [-0.15, -0.1) is 13.2 Å². The largest absolute Gasteiger partial charge is 0.573 e. The second-order valence-electron chi connectivity index (χ2n) is 8.10. The number of H-pyrrole nitrogens is 1. The highest BCUT2D eigenvalue weighted by atomic mass is 19.4. The van der Waals surface area contributed by atoms with E-state index in [1.807, 2.05) is 30.3 Å². The maximum atomic E-state index is 12.5. The fraction of sp³-hybridized carbons (Fsp3) is 0.364. The summed E-state index contributed by atoms with van der Waals surface area (Å²) in [6.45, 7) is 0.515. The highest BCUT2D eigenvalue weighted by Crippen LogP contribution is 2.43. The number of hydrogen-bond donors (Lipinski definition) is 1. The van der Waals surface area contributed by atoms with Gasteiger partial charge in [-0.2, -0.15) is 0 Å². The zero-order valence-electron chi connectivity index (χ0n) is 16.5. The smallest absolute Gasteiger partial charge is 0.441 e.